The van der Waals surface area contributed by atoms with Crippen LogP contribution in [0.1, 0.15) is 18.2 Å². The number of benzene rings is 1. The van der Waals surface area contributed by atoms with Crippen LogP contribution in [0.2, 0.25) is 0 Å². The van der Waals surface area contributed by atoms with Gasteiger partial charge in [-0.05, 0) is 31.0 Å². The van der Waals surface area contributed by atoms with Crippen molar-refractivity contribution in [2.45, 2.75) is 20.3 Å². The minimum atomic E-state index is -0.134. The van der Waals surface area contributed by atoms with E-state index in [2.05, 4.69) is 20.6 Å². The second-order valence-corrected chi connectivity index (χ2v) is 7.31. The van der Waals surface area contributed by atoms with Gasteiger partial charge in [0.15, 0.2) is 10.3 Å². The molecule has 3 N–H and O–H groups in total. The zero-order valence-corrected chi connectivity index (χ0v) is 15.5. The monoisotopic (exact) mass is 374 g/mol. The van der Waals surface area contributed by atoms with Crippen molar-refractivity contribution in [3.63, 3.8) is 0 Å². The van der Waals surface area contributed by atoms with Crippen molar-refractivity contribution in [2.75, 3.05) is 17.2 Å². The molecule has 25 heavy (non-hydrogen) atoms. The number of carbonyl (C=O) groups excluding carboxylic acids is 1. The summed E-state index contributed by atoms with van der Waals surface area (Å²) in [6.45, 7) is 3.52. The number of thiazole rings is 2. The molecule has 2 aromatic heterocycles. The van der Waals surface area contributed by atoms with Gasteiger partial charge in [-0.2, -0.15) is 0 Å². The van der Waals surface area contributed by atoms with E-state index in [1.165, 1.54) is 29.6 Å². The number of nitrogens with one attached hydrogen (secondary N) is 2. The summed E-state index contributed by atoms with van der Waals surface area (Å²) < 4.78 is 0. The maximum absolute atomic E-state index is 11.2. The summed E-state index contributed by atoms with van der Waals surface area (Å²) in [6.07, 6.45) is 0.656. The molecule has 2 heterocycles. The summed E-state index contributed by atoms with van der Waals surface area (Å²) in [6, 6.07) is 7.91. The van der Waals surface area contributed by atoms with Gasteiger partial charge in [0, 0.05) is 24.6 Å². The van der Waals surface area contributed by atoms with E-state index >= 15 is 0 Å². The molecule has 3 aromatic rings. The van der Waals surface area contributed by atoms with Crippen molar-refractivity contribution in [1.82, 2.24) is 9.97 Å². The third kappa shape index (κ3) is 4.41. The highest BCUT2D eigenvalue weighted by Gasteiger charge is 2.14. The lowest BCUT2D eigenvalue weighted by Crippen LogP contribution is -2.04. The molecule has 8 heteroatoms. The number of anilines is 3. The number of rotatable bonds is 6. The number of aryl methyl sites for hydroxylation is 1. The number of aromatic nitrogens is 2. The molecule has 0 aliphatic rings. The summed E-state index contributed by atoms with van der Waals surface area (Å²) in [5.41, 5.74) is 3.73. The lowest BCUT2D eigenvalue weighted by molar-refractivity contribution is -0.114. The van der Waals surface area contributed by atoms with Crippen molar-refractivity contribution in [1.29, 1.82) is 0 Å². The first-order chi connectivity index (χ1) is 12.0. The molecule has 0 aliphatic carbocycles. The Hall–Kier alpha value is -2.29. The fourth-order valence-electron chi connectivity index (χ4n) is 2.28. The van der Waals surface area contributed by atoms with E-state index in [1.54, 1.807) is 0 Å². The topological polar surface area (TPSA) is 87.1 Å². The molecule has 0 spiro atoms. The highest BCUT2D eigenvalue weighted by atomic mass is 32.1. The number of aliphatic hydroxyl groups excluding tert-OH is 1. The summed E-state index contributed by atoms with van der Waals surface area (Å²) in [4.78, 5) is 21.1. The molecule has 0 saturated heterocycles. The van der Waals surface area contributed by atoms with E-state index in [1.807, 2.05) is 36.6 Å². The van der Waals surface area contributed by atoms with Crippen LogP contribution >= 0.6 is 22.7 Å². The number of nitrogens with zero attached hydrogens (tertiary/aromatic N) is 2. The minimum Gasteiger partial charge on any atom is -0.396 e. The van der Waals surface area contributed by atoms with Crippen LogP contribution in [0.15, 0.2) is 29.6 Å². The fraction of sp³-hybridized carbons (Fsp3) is 0.235. The Bertz CT molecular complexity index is 871. The molecule has 1 amide bonds. The Morgan fingerprint density at radius 2 is 1.96 bits per heavy atom. The molecule has 0 fully saturated rings. The normalized spacial score (nSPS) is 10.7. The van der Waals surface area contributed by atoms with Crippen LogP contribution in [0.4, 0.5) is 16.0 Å². The largest absolute Gasteiger partial charge is 0.396 e. The molecule has 3 rings (SSSR count). The third-order valence-corrected chi connectivity index (χ3v) is 5.28. The molecule has 0 bridgehead atoms. The molecule has 0 unspecified atom stereocenters. The Morgan fingerprint density at radius 3 is 2.64 bits per heavy atom. The van der Waals surface area contributed by atoms with Crippen molar-refractivity contribution < 1.29 is 9.90 Å². The smallest absolute Gasteiger partial charge is 0.223 e. The first kappa shape index (κ1) is 17.5. The maximum atomic E-state index is 11.2. The number of hydrogen-bond donors (Lipinski definition) is 3. The van der Waals surface area contributed by atoms with Crippen LogP contribution in [0.5, 0.6) is 0 Å². The predicted octanol–water partition coefficient (Wildman–Crippen LogP) is 3.81. The van der Waals surface area contributed by atoms with Crippen LogP contribution in [-0.4, -0.2) is 27.6 Å². The molecule has 6 nitrogen and oxygen atoms in total. The van der Waals surface area contributed by atoms with Gasteiger partial charge in [-0.1, -0.05) is 23.5 Å². The molecule has 0 aliphatic heterocycles. The Balaban J connectivity index is 1.74. The first-order valence-corrected chi connectivity index (χ1v) is 9.42. The second-order valence-electron chi connectivity index (χ2n) is 5.45. The fourth-order valence-corrected chi connectivity index (χ4v) is 4.05. The van der Waals surface area contributed by atoms with Crippen LogP contribution in [0.25, 0.3) is 10.6 Å². The van der Waals surface area contributed by atoms with E-state index < -0.39 is 0 Å². The summed E-state index contributed by atoms with van der Waals surface area (Å²) in [5.74, 6) is -0.134. The average Bonchev–Trinajstić information content (AvgIpc) is 3.15. The van der Waals surface area contributed by atoms with Gasteiger partial charge in [-0.15, -0.1) is 11.3 Å². The Morgan fingerprint density at radius 1 is 1.20 bits per heavy atom. The summed E-state index contributed by atoms with van der Waals surface area (Å²) in [7, 11) is 0. The van der Waals surface area contributed by atoms with E-state index in [-0.39, 0.29) is 12.5 Å². The van der Waals surface area contributed by atoms with Crippen LogP contribution < -0.4 is 10.6 Å². The van der Waals surface area contributed by atoms with Crippen LogP contribution in [0.3, 0.4) is 0 Å². The van der Waals surface area contributed by atoms with Gasteiger partial charge in [-0.3, -0.25) is 4.79 Å². The number of amides is 1. The van der Waals surface area contributed by atoms with Gasteiger partial charge >= 0.3 is 0 Å². The molecule has 0 radical (unpaired) electrons. The van der Waals surface area contributed by atoms with Crippen LogP contribution in [-0.2, 0) is 11.2 Å². The zero-order valence-electron chi connectivity index (χ0n) is 13.9. The van der Waals surface area contributed by atoms with Gasteiger partial charge in [0.1, 0.15) is 0 Å². The van der Waals surface area contributed by atoms with Crippen molar-refractivity contribution in [3.8, 4) is 10.6 Å². The van der Waals surface area contributed by atoms with Gasteiger partial charge in [0.05, 0.1) is 16.3 Å². The minimum absolute atomic E-state index is 0.134. The van der Waals surface area contributed by atoms with Gasteiger partial charge in [0.25, 0.3) is 0 Å². The molecule has 1 aromatic carbocycles. The quantitative estimate of drug-likeness (QED) is 0.611. The molecular formula is C17H18N4O2S2. The SMILES string of the molecule is CC(=O)Nc1nc(C)c(-c2csc(Nc3ccc(CCO)cc3)n2)s1. The van der Waals surface area contributed by atoms with Crippen molar-refractivity contribution in [2.24, 2.45) is 0 Å². The molecule has 0 atom stereocenters. The molecule has 0 saturated carbocycles. The van der Waals surface area contributed by atoms with Gasteiger partial charge in [0.2, 0.25) is 5.91 Å². The lowest BCUT2D eigenvalue weighted by Gasteiger charge is -2.04. The standard InChI is InChI=1S/C17H18N4O2S2/c1-10-15(25-17(18-10)19-11(2)23)14-9-24-16(21-14)20-13-5-3-12(4-6-13)7-8-22/h3-6,9,22H,7-8H2,1-2H3,(H,20,21)(H,18,19,23). The summed E-state index contributed by atoms with van der Waals surface area (Å²) >= 11 is 2.93. The molecule has 130 valence electrons. The van der Waals surface area contributed by atoms with Crippen molar-refractivity contribution >= 4 is 44.5 Å². The lowest BCUT2D eigenvalue weighted by atomic mass is 10.1. The second kappa shape index (κ2) is 7.73. The van der Waals surface area contributed by atoms with Gasteiger partial charge in [-0.25, -0.2) is 9.97 Å². The zero-order chi connectivity index (χ0) is 17.8. The highest BCUT2D eigenvalue weighted by Crippen LogP contribution is 2.35. The first-order valence-electron chi connectivity index (χ1n) is 7.73. The number of aliphatic hydroxyl groups is 1. The molecular weight excluding hydrogens is 356 g/mol. The number of carbonyl (C=O) groups is 1. The predicted molar refractivity (Wildman–Crippen MR) is 103 cm³/mol. The third-order valence-electron chi connectivity index (χ3n) is 3.42. The Labute approximate surface area is 153 Å². The van der Waals surface area contributed by atoms with Gasteiger partial charge < -0.3 is 15.7 Å². The Kier molecular flexibility index (Phi) is 5.42. The van der Waals surface area contributed by atoms with E-state index in [4.69, 9.17) is 5.11 Å². The summed E-state index contributed by atoms with van der Waals surface area (Å²) in [5, 5.41) is 18.3. The number of hydrogen-bond acceptors (Lipinski definition) is 7. The van der Waals surface area contributed by atoms with E-state index in [0.29, 0.717) is 11.6 Å². The van der Waals surface area contributed by atoms with Crippen molar-refractivity contribution in [3.05, 3.63) is 40.9 Å². The van der Waals surface area contributed by atoms with Crippen LogP contribution in [0, 0.1) is 6.92 Å². The van der Waals surface area contributed by atoms with E-state index in [0.717, 1.165) is 32.6 Å². The van der Waals surface area contributed by atoms with E-state index in [9.17, 15) is 4.79 Å². The maximum Gasteiger partial charge on any atom is 0.223 e. The average molecular weight is 374 g/mol. The highest BCUT2D eigenvalue weighted by molar-refractivity contribution is 7.20.